The number of hydrogen-bond donors (Lipinski definition) is 1. The number of carbonyl (C=O) groups is 1. The van der Waals surface area contributed by atoms with Crippen molar-refractivity contribution in [1.82, 2.24) is 0 Å². The van der Waals surface area contributed by atoms with Crippen LogP contribution in [0.4, 0.5) is 5.69 Å². The first-order valence-electron chi connectivity index (χ1n) is 9.28. The highest BCUT2D eigenvalue weighted by Crippen LogP contribution is 2.37. The summed E-state index contributed by atoms with van der Waals surface area (Å²) in [7, 11) is 3.13. The van der Waals surface area contributed by atoms with Crippen LogP contribution in [-0.4, -0.2) is 26.7 Å². The topological polar surface area (TPSA) is 66.0 Å². The summed E-state index contributed by atoms with van der Waals surface area (Å²) in [6.45, 7) is 2.37. The van der Waals surface area contributed by atoms with Crippen molar-refractivity contribution in [3.8, 4) is 28.7 Å². The van der Waals surface area contributed by atoms with E-state index in [9.17, 15) is 4.79 Å². The van der Waals surface area contributed by atoms with Crippen molar-refractivity contribution in [3.63, 3.8) is 0 Å². The number of carbonyl (C=O) groups excluding carboxylic acids is 1. The molecule has 0 heterocycles. The minimum absolute atomic E-state index is 0.268. The number of para-hydroxylation sites is 2. The number of methoxy groups -OCH3 is 2. The lowest BCUT2D eigenvalue weighted by molar-refractivity contribution is 0.102. The molecule has 1 N–H and O–H groups in total. The Labute approximate surface area is 183 Å². The summed E-state index contributed by atoms with van der Waals surface area (Å²) < 4.78 is 22.7. The fraction of sp³-hybridized carbons (Fsp3) is 0.174. The molecule has 6 nitrogen and oxygen atoms in total. The molecule has 0 aliphatic carbocycles. The Morgan fingerprint density at radius 3 is 2.23 bits per heavy atom. The lowest BCUT2D eigenvalue weighted by atomic mass is 10.1. The van der Waals surface area contributed by atoms with E-state index in [4.69, 9.17) is 18.9 Å². The van der Waals surface area contributed by atoms with Gasteiger partial charge in [-0.05, 0) is 71.4 Å². The zero-order valence-corrected chi connectivity index (χ0v) is 18.5. The Hall–Kier alpha value is -3.19. The van der Waals surface area contributed by atoms with Gasteiger partial charge in [0.15, 0.2) is 23.0 Å². The fourth-order valence-electron chi connectivity index (χ4n) is 2.78. The molecule has 1 amide bonds. The molecule has 0 radical (unpaired) electrons. The van der Waals surface area contributed by atoms with Crippen LogP contribution in [0.3, 0.4) is 0 Å². The molecule has 0 unspecified atom stereocenters. The van der Waals surface area contributed by atoms with Gasteiger partial charge in [-0.2, -0.15) is 0 Å². The Balaban J connectivity index is 1.72. The van der Waals surface area contributed by atoms with Crippen molar-refractivity contribution >= 4 is 27.5 Å². The van der Waals surface area contributed by atoms with E-state index in [1.54, 1.807) is 43.5 Å². The van der Waals surface area contributed by atoms with E-state index in [2.05, 4.69) is 21.2 Å². The fourth-order valence-corrected chi connectivity index (χ4v) is 3.33. The molecule has 3 aromatic rings. The first-order chi connectivity index (χ1) is 14.5. The third-order valence-electron chi connectivity index (χ3n) is 4.19. The monoisotopic (exact) mass is 471 g/mol. The van der Waals surface area contributed by atoms with Gasteiger partial charge < -0.3 is 24.3 Å². The summed E-state index contributed by atoms with van der Waals surface area (Å²) in [5, 5.41) is 2.87. The third kappa shape index (κ3) is 5.04. The normalized spacial score (nSPS) is 10.3. The second-order valence-corrected chi connectivity index (χ2v) is 7.01. The molecule has 0 spiro atoms. The summed E-state index contributed by atoms with van der Waals surface area (Å²) in [6.07, 6.45) is 0. The van der Waals surface area contributed by atoms with E-state index in [0.29, 0.717) is 51.1 Å². The Morgan fingerprint density at radius 2 is 1.60 bits per heavy atom. The summed E-state index contributed by atoms with van der Waals surface area (Å²) in [4.78, 5) is 12.7. The smallest absolute Gasteiger partial charge is 0.255 e. The van der Waals surface area contributed by atoms with Crippen LogP contribution in [0, 0.1) is 0 Å². The van der Waals surface area contributed by atoms with Crippen molar-refractivity contribution in [2.75, 3.05) is 26.1 Å². The van der Waals surface area contributed by atoms with Crippen molar-refractivity contribution < 1.29 is 23.7 Å². The molecule has 3 rings (SSSR count). The van der Waals surface area contributed by atoms with Gasteiger partial charge in [0.2, 0.25) is 0 Å². The minimum atomic E-state index is -0.268. The van der Waals surface area contributed by atoms with Crippen molar-refractivity contribution in [3.05, 3.63) is 70.7 Å². The van der Waals surface area contributed by atoms with Crippen LogP contribution in [0.5, 0.6) is 28.7 Å². The lowest BCUT2D eigenvalue weighted by Gasteiger charge is -2.14. The number of amides is 1. The molecule has 7 heteroatoms. The molecule has 0 aliphatic rings. The second kappa shape index (κ2) is 10.0. The third-order valence-corrected chi connectivity index (χ3v) is 4.78. The summed E-state index contributed by atoms with van der Waals surface area (Å²) in [5.74, 6) is 2.66. The molecule has 0 fully saturated rings. The highest BCUT2D eigenvalue weighted by molar-refractivity contribution is 9.10. The van der Waals surface area contributed by atoms with Crippen LogP contribution in [0.2, 0.25) is 0 Å². The van der Waals surface area contributed by atoms with Gasteiger partial charge in [-0.25, -0.2) is 0 Å². The number of hydrogen-bond acceptors (Lipinski definition) is 5. The van der Waals surface area contributed by atoms with Crippen LogP contribution in [0.1, 0.15) is 17.3 Å². The van der Waals surface area contributed by atoms with Crippen LogP contribution < -0.4 is 24.3 Å². The lowest BCUT2D eigenvalue weighted by Crippen LogP contribution is -2.12. The quantitative estimate of drug-likeness (QED) is 0.442. The van der Waals surface area contributed by atoms with Crippen molar-refractivity contribution in [2.24, 2.45) is 0 Å². The first-order valence-corrected chi connectivity index (χ1v) is 10.1. The van der Waals surface area contributed by atoms with E-state index < -0.39 is 0 Å². The Bertz CT molecular complexity index is 1020. The van der Waals surface area contributed by atoms with Gasteiger partial charge >= 0.3 is 0 Å². The molecule has 0 bridgehead atoms. The number of ether oxygens (including phenoxy) is 4. The van der Waals surface area contributed by atoms with Gasteiger partial charge in [-0.3, -0.25) is 4.79 Å². The first kappa shape index (κ1) is 21.5. The van der Waals surface area contributed by atoms with Gasteiger partial charge in [-0.15, -0.1) is 0 Å². The van der Waals surface area contributed by atoms with E-state index in [-0.39, 0.29) is 5.91 Å². The van der Waals surface area contributed by atoms with E-state index in [1.165, 1.54) is 7.11 Å². The Kier molecular flexibility index (Phi) is 7.19. The number of benzene rings is 3. The standard InChI is InChI=1S/C23H22BrNO5/c1-4-29-22-18(24)13-15(14-21(22)28-3)23(26)25-16-9-11-17(12-10-16)30-20-8-6-5-7-19(20)27-2/h5-14H,4H2,1-3H3,(H,25,26). The summed E-state index contributed by atoms with van der Waals surface area (Å²) >= 11 is 3.43. The average Bonchev–Trinajstić information content (AvgIpc) is 2.76. The van der Waals surface area contributed by atoms with Gasteiger partial charge in [-0.1, -0.05) is 12.1 Å². The number of halogens is 1. The molecule has 3 aromatic carbocycles. The molecule has 0 atom stereocenters. The number of anilines is 1. The molecule has 156 valence electrons. The van der Waals surface area contributed by atoms with Crippen LogP contribution in [-0.2, 0) is 0 Å². The molecule has 30 heavy (non-hydrogen) atoms. The highest BCUT2D eigenvalue weighted by atomic mass is 79.9. The highest BCUT2D eigenvalue weighted by Gasteiger charge is 2.16. The maximum absolute atomic E-state index is 12.7. The van der Waals surface area contributed by atoms with Crippen LogP contribution >= 0.6 is 15.9 Å². The predicted octanol–water partition coefficient (Wildman–Crippen LogP) is 5.91. The second-order valence-electron chi connectivity index (χ2n) is 6.15. The molecular formula is C23H22BrNO5. The largest absolute Gasteiger partial charge is 0.493 e. The van der Waals surface area contributed by atoms with Crippen LogP contribution in [0.15, 0.2) is 65.1 Å². The Morgan fingerprint density at radius 1 is 0.933 bits per heavy atom. The molecule has 0 aromatic heterocycles. The average molecular weight is 472 g/mol. The van der Waals surface area contributed by atoms with Crippen LogP contribution in [0.25, 0.3) is 0 Å². The number of nitrogens with one attached hydrogen (secondary N) is 1. The molecule has 0 aliphatic heterocycles. The zero-order chi connectivity index (χ0) is 21.5. The van der Waals surface area contributed by atoms with Gasteiger partial charge in [0.1, 0.15) is 5.75 Å². The minimum Gasteiger partial charge on any atom is -0.493 e. The van der Waals surface area contributed by atoms with Gasteiger partial charge in [0.05, 0.1) is 25.3 Å². The van der Waals surface area contributed by atoms with E-state index in [0.717, 1.165) is 0 Å². The molecular weight excluding hydrogens is 450 g/mol. The SMILES string of the molecule is CCOc1c(Br)cc(C(=O)Nc2ccc(Oc3ccccc3OC)cc2)cc1OC. The molecule has 0 saturated carbocycles. The maximum Gasteiger partial charge on any atom is 0.255 e. The maximum atomic E-state index is 12.7. The van der Waals surface area contributed by atoms with Crippen molar-refractivity contribution in [2.45, 2.75) is 6.92 Å². The number of rotatable bonds is 8. The summed E-state index contributed by atoms with van der Waals surface area (Å²) in [6, 6.07) is 17.8. The van der Waals surface area contributed by atoms with E-state index >= 15 is 0 Å². The van der Waals surface area contributed by atoms with Crippen molar-refractivity contribution in [1.29, 1.82) is 0 Å². The summed E-state index contributed by atoms with van der Waals surface area (Å²) in [5.41, 5.74) is 1.08. The van der Waals surface area contributed by atoms with E-state index in [1.807, 2.05) is 31.2 Å². The van der Waals surface area contributed by atoms with Gasteiger partial charge in [0, 0.05) is 11.3 Å². The molecule has 0 saturated heterocycles. The zero-order valence-electron chi connectivity index (χ0n) is 16.9. The van der Waals surface area contributed by atoms with Gasteiger partial charge in [0.25, 0.3) is 5.91 Å². The predicted molar refractivity (Wildman–Crippen MR) is 119 cm³/mol.